The number of carbonyl (C=O) groups excluding carboxylic acids is 1. The maximum Gasteiger partial charge on any atom is 0.322 e. The lowest BCUT2D eigenvalue weighted by molar-refractivity contribution is -0.125. The summed E-state index contributed by atoms with van der Waals surface area (Å²) in [6.45, 7) is 3.34. The molecule has 1 unspecified atom stereocenters. The van der Waals surface area contributed by atoms with Crippen LogP contribution in [0.25, 0.3) is 0 Å². The van der Waals surface area contributed by atoms with Crippen LogP contribution in [0.15, 0.2) is 57.8 Å². The second-order valence-electron chi connectivity index (χ2n) is 7.27. The van der Waals surface area contributed by atoms with E-state index in [2.05, 4.69) is 15.5 Å². The number of fused-ring (bicyclic) bond motifs is 1. The number of aromatic nitrogens is 2. The maximum absolute atomic E-state index is 12.4. The van der Waals surface area contributed by atoms with Gasteiger partial charge < -0.3 is 13.9 Å². The van der Waals surface area contributed by atoms with Gasteiger partial charge in [-0.3, -0.25) is 10.1 Å². The second kappa shape index (κ2) is 8.38. The van der Waals surface area contributed by atoms with Gasteiger partial charge in [0.25, 0.3) is 5.91 Å². The van der Waals surface area contributed by atoms with Crippen LogP contribution in [0.1, 0.15) is 25.3 Å². The van der Waals surface area contributed by atoms with Crippen molar-refractivity contribution in [3.05, 3.63) is 60.0 Å². The highest BCUT2D eigenvalue weighted by Gasteiger charge is 2.28. The summed E-state index contributed by atoms with van der Waals surface area (Å²) >= 11 is 0. The Hall–Kier alpha value is -3.40. The van der Waals surface area contributed by atoms with E-state index in [1.165, 1.54) is 0 Å². The van der Waals surface area contributed by atoms with Crippen LogP contribution in [0.3, 0.4) is 0 Å². The fourth-order valence-corrected chi connectivity index (χ4v) is 4.01. The highest BCUT2D eigenvalue weighted by molar-refractivity contribution is 7.92. The Morgan fingerprint density at radius 1 is 1.10 bits per heavy atom. The molecule has 1 amide bonds. The molecule has 3 aromatic rings. The molecule has 0 spiro atoms. The summed E-state index contributed by atoms with van der Waals surface area (Å²) in [6.07, 6.45) is -0.554. The van der Waals surface area contributed by atoms with Gasteiger partial charge in [-0.15, -0.1) is 5.10 Å². The minimum absolute atomic E-state index is 0.0542. The van der Waals surface area contributed by atoms with Crippen molar-refractivity contribution in [3.63, 3.8) is 0 Å². The summed E-state index contributed by atoms with van der Waals surface area (Å²) in [5.74, 6) is 0.885. The van der Waals surface area contributed by atoms with Crippen molar-refractivity contribution in [2.24, 2.45) is 0 Å². The van der Waals surface area contributed by atoms with Gasteiger partial charge >= 0.3 is 6.01 Å². The molecule has 0 bridgehead atoms. The Morgan fingerprint density at radius 3 is 2.52 bits per heavy atom. The van der Waals surface area contributed by atoms with Crippen LogP contribution < -0.4 is 14.8 Å². The smallest absolute Gasteiger partial charge is 0.322 e. The highest BCUT2D eigenvalue weighted by Crippen LogP contribution is 2.31. The first kappa shape index (κ1) is 20.9. The van der Waals surface area contributed by atoms with Crippen molar-refractivity contribution >= 4 is 21.8 Å². The van der Waals surface area contributed by atoms with Gasteiger partial charge in [0.1, 0.15) is 6.61 Å². The van der Waals surface area contributed by atoms with E-state index in [4.69, 9.17) is 13.9 Å². The number of anilines is 1. The van der Waals surface area contributed by atoms with Crippen LogP contribution in [0.4, 0.5) is 6.01 Å². The Kier molecular flexibility index (Phi) is 5.64. The Bertz CT molecular complexity index is 1190. The largest absolute Gasteiger partial charge is 0.485 e. The molecule has 0 fully saturated rings. The first-order chi connectivity index (χ1) is 14.8. The molecule has 2 heterocycles. The number of hydrogen-bond acceptors (Lipinski definition) is 8. The normalized spacial score (nSPS) is 15.6. The fraction of sp³-hybridized carbons (Fsp3) is 0.286. The zero-order chi connectivity index (χ0) is 22.0. The zero-order valence-corrected chi connectivity index (χ0v) is 17.8. The third kappa shape index (κ3) is 4.53. The number of hydrogen-bond donors (Lipinski definition) is 1. The minimum atomic E-state index is -3.33. The molecule has 4 rings (SSSR count). The lowest BCUT2D eigenvalue weighted by Gasteiger charge is -2.24. The lowest BCUT2D eigenvalue weighted by atomic mass is 10.1. The quantitative estimate of drug-likeness (QED) is 0.617. The van der Waals surface area contributed by atoms with E-state index in [1.807, 2.05) is 6.07 Å². The lowest BCUT2D eigenvalue weighted by Crippen LogP contribution is -2.40. The summed E-state index contributed by atoms with van der Waals surface area (Å²) in [5, 5.41) is 9.79. The van der Waals surface area contributed by atoms with Crippen LogP contribution in [-0.4, -0.2) is 42.5 Å². The summed E-state index contributed by atoms with van der Waals surface area (Å²) in [5.41, 5.74) is 0.796. The van der Waals surface area contributed by atoms with Gasteiger partial charge in [-0.2, -0.15) is 0 Å². The Morgan fingerprint density at radius 2 is 1.81 bits per heavy atom. The predicted octanol–water partition coefficient (Wildman–Crippen LogP) is 2.62. The third-order valence-corrected chi connectivity index (χ3v) is 6.90. The van der Waals surface area contributed by atoms with E-state index in [9.17, 15) is 13.2 Å². The van der Waals surface area contributed by atoms with Gasteiger partial charge in [0.05, 0.1) is 16.6 Å². The van der Waals surface area contributed by atoms with Crippen molar-refractivity contribution in [2.75, 3.05) is 11.9 Å². The molecular weight excluding hydrogens is 422 g/mol. The van der Waals surface area contributed by atoms with Crippen molar-refractivity contribution < 1.29 is 27.1 Å². The van der Waals surface area contributed by atoms with E-state index in [1.54, 1.807) is 56.3 Å². The van der Waals surface area contributed by atoms with Crippen LogP contribution >= 0.6 is 0 Å². The first-order valence-electron chi connectivity index (χ1n) is 9.67. The van der Waals surface area contributed by atoms with Crippen LogP contribution in [0.2, 0.25) is 0 Å². The number of benzene rings is 2. The minimum Gasteiger partial charge on any atom is -0.485 e. The van der Waals surface area contributed by atoms with Gasteiger partial charge in [0.15, 0.2) is 21.3 Å². The molecule has 162 valence electrons. The summed E-state index contributed by atoms with van der Waals surface area (Å²) < 4.78 is 41.1. The van der Waals surface area contributed by atoms with E-state index < -0.39 is 27.1 Å². The van der Waals surface area contributed by atoms with Gasteiger partial charge in [-0.1, -0.05) is 29.4 Å². The molecule has 1 aliphatic heterocycles. The molecule has 31 heavy (non-hydrogen) atoms. The molecule has 1 aromatic heterocycles. The van der Waals surface area contributed by atoms with E-state index in [0.29, 0.717) is 17.9 Å². The number of rotatable bonds is 6. The van der Waals surface area contributed by atoms with E-state index in [-0.39, 0.29) is 23.4 Å². The number of ether oxygens (including phenoxy) is 2. The number of amides is 1. The van der Waals surface area contributed by atoms with Crippen LogP contribution in [0.5, 0.6) is 11.5 Å². The van der Waals surface area contributed by atoms with Gasteiger partial charge in [0, 0.05) is 0 Å². The topological polar surface area (TPSA) is 121 Å². The SMILES string of the molecule is CC(C)S(=O)(=O)c1ccc(Cc2nnc(NC(=O)C3COc4ccccc4O3)o2)cc1. The van der Waals surface area contributed by atoms with Crippen molar-refractivity contribution in [1.29, 1.82) is 0 Å². The van der Waals surface area contributed by atoms with Crippen molar-refractivity contribution in [2.45, 2.75) is 36.5 Å². The van der Waals surface area contributed by atoms with E-state index >= 15 is 0 Å². The Labute approximate surface area is 179 Å². The third-order valence-electron chi connectivity index (χ3n) is 4.73. The molecule has 2 aromatic carbocycles. The van der Waals surface area contributed by atoms with Gasteiger partial charge in [-0.05, 0) is 43.7 Å². The molecule has 1 aliphatic rings. The number of nitrogens with zero attached hydrogens (tertiary/aromatic N) is 2. The molecule has 1 atom stereocenters. The second-order valence-corrected chi connectivity index (χ2v) is 9.77. The van der Waals surface area contributed by atoms with Crippen molar-refractivity contribution in [1.82, 2.24) is 10.2 Å². The number of nitrogens with one attached hydrogen (secondary N) is 1. The number of carbonyl (C=O) groups is 1. The first-order valence-corrected chi connectivity index (χ1v) is 11.2. The number of para-hydroxylation sites is 2. The molecule has 0 radical (unpaired) electrons. The molecule has 0 aliphatic carbocycles. The predicted molar refractivity (Wildman–Crippen MR) is 111 cm³/mol. The maximum atomic E-state index is 12.4. The average Bonchev–Trinajstić information content (AvgIpc) is 3.20. The molecule has 0 saturated carbocycles. The molecule has 1 N–H and O–H groups in total. The summed E-state index contributed by atoms with van der Waals surface area (Å²) in [7, 11) is -3.33. The monoisotopic (exact) mass is 443 g/mol. The molecule has 9 nitrogen and oxygen atoms in total. The fourth-order valence-electron chi connectivity index (χ4n) is 2.95. The summed E-state index contributed by atoms with van der Waals surface area (Å²) in [6, 6.07) is 13.5. The van der Waals surface area contributed by atoms with Gasteiger partial charge in [0.2, 0.25) is 12.0 Å². The van der Waals surface area contributed by atoms with Crippen molar-refractivity contribution in [3.8, 4) is 11.5 Å². The van der Waals surface area contributed by atoms with Crippen LogP contribution in [-0.2, 0) is 21.1 Å². The highest BCUT2D eigenvalue weighted by atomic mass is 32.2. The Balaban J connectivity index is 1.37. The van der Waals surface area contributed by atoms with Crippen LogP contribution in [0, 0.1) is 0 Å². The standard InChI is InChI=1S/C21H21N3O6S/c1-13(2)31(26,27)15-9-7-14(8-10-15)11-19-23-24-21(30-19)22-20(25)18-12-28-16-5-3-4-6-17(16)29-18/h3-10,13,18H,11-12H2,1-2H3,(H,22,24,25). The van der Waals surface area contributed by atoms with E-state index in [0.717, 1.165) is 5.56 Å². The average molecular weight is 443 g/mol. The van der Waals surface area contributed by atoms with Gasteiger partial charge in [-0.25, -0.2) is 8.42 Å². The molecule has 10 heteroatoms. The molecule has 0 saturated heterocycles. The zero-order valence-electron chi connectivity index (χ0n) is 16.9. The summed E-state index contributed by atoms with van der Waals surface area (Å²) in [4.78, 5) is 12.7. The molecular formula is C21H21N3O6S. The number of sulfone groups is 1.